The zero-order valence-electron chi connectivity index (χ0n) is 28.6. The van der Waals surface area contributed by atoms with Gasteiger partial charge < -0.3 is 4.42 Å². The van der Waals surface area contributed by atoms with Gasteiger partial charge in [0.15, 0.2) is 17.5 Å². The van der Waals surface area contributed by atoms with E-state index < -0.39 is 0 Å². The first-order valence-electron chi connectivity index (χ1n) is 18.1. The summed E-state index contributed by atoms with van der Waals surface area (Å²) in [6, 6.07) is 49.1. The van der Waals surface area contributed by atoms with E-state index in [1.54, 1.807) is 0 Å². The molecule has 2 unspecified atom stereocenters. The standard InChI is InChI=1S/C49H31N3O/c1-3-11-30(12-4-1)36-28-42-45-39-18-10-8-14-32(39)22-26-44(45)53-46(42)43(29-36)49-51-47(33-15-5-2-6-16-33)50-48(52-49)35-21-23-38-34(27-35)20-25-40-37-17-9-7-13-31(37)19-24-41(38)40/h1-29,32,39H. The van der Waals surface area contributed by atoms with Crippen LogP contribution in [0.2, 0.25) is 0 Å². The van der Waals surface area contributed by atoms with Crippen molar-refractivity contribution in [1.29, 1.82) is 0 Å². The lowest BCUT2D eigenvalue weighted by Crippen LogP contribution is -2.12. The van der Waals surface area contributed by atoms with E-state index in [0.717, 1.165) is 49.9 Å². The summed E-state index contributed by atoms with van der Waals surface area (Å²) in [5.41, 5.74) is 6.91. The van der Waals surface area contributed by atoms with Crippen molar-refractivity contribution in [2.45, 2.75) is 5.92 Å². The van der Waals surface area contributed by atoms with E-state index in [-0.39, 0.29) is 11.8 Å². The van der Waals surface area contributed by atoms with Gasteiger partial charge in [-0.3, -0.25) is 0 Å². The molecular formula is C49H31N3O. The van der Waals surface area contributed by atoms with E-state index in [1.165, 1.54) is 32.5 Å². The molecule has 0 spiro atoms. The van der Waals surface area contributed by atoms with Crippen molar-refractivity contribution in [2.75, 3.05) is 0 Å². The van der Waals surface area contributed by atoms with Crippen molar-refractivity contribution in [1.82, 2.24) is 15.0 Å². The molecule has 4 heteroatoms. The Morgan fingerprint density at radius 1 is 0.434 bits per heavy atom. The number of hydrogen-bond acceptors (Lipinski definition) is 4. The molecule has 0 saturated heterocycles. The Kier molecular flexibility index (Phi) is 6.65. The third-order valence-corrected chi connectivity index (χ3v) is 10.9. The molecule has 0 bridgehead atoms. The molecule has 2 aliphatic carbocycles. The normalized spacial score (nSPS) is 16.1. The number of aromatic nitrogens is 3. The number of furan rings is 1. The van der Waals surface area contributed by atoms with Crippen LogP contribution in [0.15, 0.2) is 174 Å². The number of benzene rings is 7. The van der Waals surface area contributed by atoms with Crippen LogP contribution in [-0.2, 0) is 0 Å². The predicted molar refractivity (Wildman–Crippen MR) is 217 cm³/mol. The summed E-state index contributed by atoms with van der Waals surface area (Å²) >= 11 is 0. The fourth-order valence-electron chi connectivity index (χ4n) is 8.27. The molecule has 7 aromatic carbocycles. The molecule has 0 N–H and O–H groups in total. The van der Waals surface area contributed by atoms with E-state index in [1.807, 2.05) is 18.2 Å². The minimum absolute atomic E-state index is 0.195. The second-order valence-electron chi connectivity index (χ2n) is 13.9. The molecule has 248 valence electrons. The summed E-state index contributed by atoms with van der Waals surface area (Å²) in [4.78, 5) is 15.5. The lowest BCUT2D eigenvalue weighted by atomic mass is 9.78. The van der Waals surface area contributed by atoms with Crippen LogP contribution in [0.4, 0.5) is 0 Å². The minimum atomic E-state index is 0.195. The molecule has 2 atom stereocenters. The highest BCUT2D eigenvalue weighted by Gasteiger charge is 2.31. The lowest BCUT2D eigenvalue weighted by Gasteiger charge is -2.24. The number of rotatable bonds is 4. The smallest absolute Gasteiger partial charge is 0.167 e. The maximum Gasteiger partial charge on any atom is 0.167 e. The fourth-order valence-corrected chi connectivity index (χ4v) is 8.27. The van der Waals surface area contributed by atoms with Crippen LogP contribution < -0.4 is 0 Å². The highest BCUT2D eigenvalue weighted by atomic mass is 16.3. The van der Waals surface area contributed by atoms with Gasteiger partial charge in [0, 0.05) is 33.9 Å². The average molecular weight is 678 g/mol. The third-order valence-electron chi connectivity index (χ3n) is 10.9. The topological polar surface area (TPSA) is 51.8 Å². The number of fused-ring (bicyclic) bond motifs is 10. The SMILES string of the molecule is C1=CC2C=Cc3oc4c(-c5nc(-c6ccccc6)nc(-c6ccc7c(ccc8c9ccccc9ccc78)c6)n5)cc(-c5ccccc5)cc4c3C2C=C1. The van der Waals surface area contributed by atoms with Crippen molar-refractivity contribution in [3.8, 4) is 45.3 Å². The van der Waals surface area contributed by atoms with Gasteiger partial charge in [-0.15, -0.1) is 0 Å². The molecule has 0 aliphatic heterocycles. The van der Waals surface area contributed by atoms with Gasteiger partial charge in [0.2, 0.25) is 0 Å². The summed E-state index contributed by atoms with van der Waals surface area (Å²) in [6.07, 6.45) is 13.2. The molecule has 0 fully saturated rings. The summed E-state index contributed by atoms with van der Waals surface area (Å²) in [7, 11) is 0. The Bertz CT molecular complexity index is 3010. The first-order chi connectivity index (χ1) is 26.2. The Morgan fingerprint density at radius 3 is 1.92 bits per heavy atom. The lowest BCUT2D eigenvalue weighted by molar-refractivity contribution is 0.578. The van der Waals surface area contributed by atoms with E-state index in [9.17, 15) is 0 Å². The second kappa shape index (κ2) is 11.8. The molecule has 53 heavy (non-hydrogen) atoms. The van der Waals surface area contributed by atoms with Gasteiger partial charge in [0.05, 0.1) is 5.56 Å². The quantitative estimate of drug-likeness (QED) is 0.174. The van der Waals surface area contributed by atoms with Crippen molar-refractivity contribution >= 4 is 49.4 Å². The molecule has 4 nitrogen and oxygen atoms in total. The van der Waals surface area contributed by atoms with Gasteiger partial charge in [-0.05, 0) is 67.7 Å². The van der Waals surface area contributed by atoms with Gasteiger partial charge in [0.1, 0.15) is 11.3 Å². The predicted octanol–water partition coefficient (Wildman–Crippen LogP) is 12.6. The van der Waals surface area contributed by atoms with Gasteiger partial charge in [0.25, 0.3) is 0 Å². The van der Waals surface area contributed by atoms with Crippen molar-refractivity contribution in [3.05, 3.63) is 181 Å². The highest BCUT2D eigenvalue weighted by molar-refractivity contribution is 6.17. The molecule has 2 aliphatic rings. The molecule has 0 amide bonds. The van der Waals surface area contributed by atoms with Gasteiger partial charge in [-0.1, -0.05) is 152 Å². The average Bonchev–Trinajstić information content (AvgIpc) is 3.62. The largest absolute Gasteiger partial charge is 0.456 e. The van der Waals surface area contributed by atoms with Crippen LogP contribution >= 0.6 is 0 Å². The van der Waals surface area contributed by atoms with E-state index in [0.29, 0.717) is 17.5 Å². The van der Waals surface area contributed by atoms with Crippen LogP contribution in [0.5, 0.6) is 0 Å². The summed E-state index contributed by atoms with van der Waals surface area (Å²) in [5, 5.41) is 8.41. The summed E-state index contributed by atoms with van der Waals surface area (Å²) in [5.74, 6) is 3.18. The maximum absolute atomic E-state index is 6.79. The Balaban J connectivity index is 1.14. The number of nitrogens with zero attached hydrogens (tertiary/aromatic N) is 3. The molecule has 2 heterocycles. The molecule has 11 rings (SSSR count). The summed E-state index contributed by atoms with van der Waals surface area (Å²) in [6.45, 7) is 0. The van der Waals surface area contributed by atoms with Crippen molar-refractivity contribution in [3.63, 3.8) is 0 Å². The van der Waals surface area contributed by atoms with Gasteiger partial charge in [-0.2, -0.15) is 0 Å². The van der Waals surface area contributed by atoms with E-state index in [2.05, 4.69) is 158 Å². The Hall–Kier alpha value is -6.91. The molecular weight excluding hydrogens is 647 g/mol. The molecule has 0 saturated carbocycles. The molecule has 2 aromatic heterocycles. The monoisotopic (exact) mass is 677 g/mol. The number of hydrogen-bond donors (Lipinski definition) is 0. The molecule has 0 radical (unpaired) electrons. The Labute approximate surface area is 306 Å². The molecule has 9 aromatic rings. The van der Waals surface area contributed by atoms with Crippen LogP contribution in [0.25, 0.3) is 94.7 Å². The van der Waals surface area contributed by atoms with E-state index >= 15 is 0 Å². The second-order valence-corrected chi connectivity index (χ2v) is 13.9. The van der Waals surface area contributed by atoms with Crippen molar-refractivity contribution in [2.24, 2.45) is 5.92 Å². The highest BCUT2D eigenvalue weighted by Crippen LogP contribution is 2.47. The Morgan fingerprint density at radius 2 is 1.09 bits per heavy atom. The van der Waals surface area contributed by atoms with E-state index in [4.69, 9.17) is 19.4 Å². The van der Waals surface area contributed by atoms with Gasteiger partial charge in [-0.25, -0.2) is 15.0 Å². The third kappa shape index (κ3) is 4.87. The minimum Gasteiger partial charge on any atom is -0.456 e. The van der Waals surface area contributed by atoms with Crippen LogP contribution in [-0.4, -0.2) is 15.0 Å². The van der Waals surface area contributed by atoms with Crippen LogP contribution in [0.3, 0.4) is 0 Å². The first-order valence-corrected chi connectivity index (χ1v) is 18.1. The maximum atomic E-state index is 6.79. The summed E-state index contributed by atoms with van der Waals surface area (Å²) < 4.78 is 6.79. The fraction of sp³-hybridized carbons (Fsp3) is 0.0408. The zero-order valence-corrected chi connectivity index (χ0v) is 28.6. The zero-order chi connectivity index (χ0) is 34.9. The van der Waals surface area contributed by atoms with Crippen LogP contribution in [0, 0.1) is 5.92 Å². The van der Waals surface area contributed by atoms with Crippen molar-refractivity contribution < 1.29 is 4.42 Å². The first kappa shape index (κ1) is 29.8. The van der Waals surface area contributed by atoms with Crippen LogP contribution in [0.1, 0.15) is 17.2 Å². The number of allylic oxidation sites excluding steroid dienone is 5. The van der Waals surface area contributed by atoms with Gasteiger partial charge >= 0.3 is 0 Å².